The number of ether oxygens (including phenoxy) is 2. The topological polar surface area (TPSA) is 35.5 Å². The van der Waals surface area contributed by atoms with E-state index in [1.54, 1.807) is 18.2 Å². The van der Waals surface area contributed by atoms with E-state index in [9.17, 15) is 13.6 Å². The maximum Gasteiger partial charge on any atom is 0.200 e. The fourth-order valence-electron chi connectivity index (χ4n) is 1.65. The standard InChI is InChI=1S/C15H11BrF2O3/c1-20-14-5-2-9(6-11(14)16)13(19)8-21-15-7-10(17)3-4-12(15)18/h2-7H,8H2,1H3. The molecule has 0 saturated heterocycles. The van der Waals surface area contributed by atoms with Gasteiger partial charge in [-0.2, -0.15) is 0 Å². The number of rotatable bonds is 5. The number of carbonyl (C=O) groups is 1. The first-order chi connectivity index (χ1) is 10.0. The van der Waals surface area contributed by atoms with Gasteiger partial charge in [-0.05, 0) is 46.3 Å². The Hall–Kier alpha value is -1.95. The normalized spacial score (nSPS) is 10.3. The minimum absolute atomic E-state index is 0.295. The summed E-state index contributed by atoms with van der Waals surface area (Å²) in [6, 6.07) is 7.58. The summed E-state index contributed by atoms with van der Waals surface area (Å²) in [5.74, 6) is -1.42. The molecule has 0 atom stereocenters. The summed E-state index contributed by atoms with van der Waals surface area (Å²) in [6.45, 7) is -0.390. The maximum atomic E-state index is 13.4. The van der Waals surface area contributed by atoms with Gasteiger partial charge in [0.15, 0.2) is 24.0 Å². The fraction of sp³-hybridized carbons (Fsp3) is 0.133. The lowest BCUT2D eigenvalue weighted by Crippen LogP contribution is -2.12. The van der Waals surface area contributed by atoms with Crippen LogP contribution in [0.1, 0.15) is 10.4 Å². The summed E-state index contributed by atoms with van der Waals surface area (Å²) in [5.41, 5.74) is 0.375. The number of ketones is 1. The molecule has 2 aromatic rings. The monoisotopic (exact) mass is 356 g/mol. The average Bonchev–Trinajstić information content (AvgIpc) is 2.47. The summed E-state index contributed by atoms with van der Waals surface area (Å²) in [4.78, 5) is 12.0. The zero-order valence-corrected chi connectivity index (χ0v) is 12.6. The third kappa shape index (κ3) is 3.78. The van der Waals surface area contributed by atoms with Crippen molar-refractivity contribution in [3.05, 3.63) is 58.1 Å². The molecule has 21 heavy (non-hydrogen) atoms. The first-order valence-electron chi connectivity index (χ1n) is 5.96. The Bertz CT molecular complexity index is 674. The van der Waals surface area contributed by atoms with Gasteiger partial charge in [0.2, 0.25) is 0 Å². The second-order valence-electron chi connectivity index (χ2n) is 4.14. The largest absolute Gasteiger partial charge is 0.496 e. The van der Waals surface area contributed by atoms with Gasteiger partial charge >= 0.3 is 0 Å². The minimum Gasteiger partial charge on any atom is -0.496 e. The third-order valence-electron chi connectivity index (χ3n) is 2.73. The Balaban J connectivity index is 2.08. The van der Waals surface area contributed by atoms with Crippen LogP contribution in [0.2, 0.25) is 0 Å². The number of hydrogen-bond donors (Lipinski definition) is 0. The van der Waals surface area contributed by atoms with Gasteiger partial charge in [0.25, 0.3) is 0 Å². The molecule has 0 radical (unpaired) electrons. The van der Waals surface area contributed by atoms with E-state index >= 15 is 0 Å². The lowest BCUT2D eigenvalue weighted by molar-refractivity contribution is 0.0918. The Kier molecular flexibility index (Phi) is 4.90. The molecule has 0 aliphatic carbocycles. The fourth-order valence-corrected chi connectivity index (χ4v) is 2.19. The zero-order chi connectivity index (χ0) is 15.4. The van der Waals surface area contributed by atoms with Crippen LogP contribution in [0.4, 0.5) is 8.78 Å². The number of benzene rings is 2. The molecule has 0 aliphatic heterocycles. The van der Waals surface area contributed by atoms with Crippen molar-refractivity contribution in [1.29, 1.82) is 0 Å². The maximum absolute atomic E-state index is 13.4. The molecule has 0 spiro atoms. The molecule has 110 valence electrons. The van der Waals surface area contributed by atoms with Gasteiger partial charge in [-0.1, -0.05) is 0 Å². The van der Waals surface area contributed by atoms with Crippen molar-refractivity contribution in [3.63, 3.8) is 0 Å². The Morgan fingerprint density at radius 2 is 1.90 bits per heavy atom. The van der Waals surface area contributed by atoms with Gasteiger partial charge in [0, 0.05) is 11.6 Å². The number of hydrogen-bond acceptors (Lipinski definition) is 3. The molecule has 3 nitrogen and oxygen atoms in total. The van der Waals surface area contributed by atoms with Crippen molar-refractivity contribution in [2.45, 2.75) is 0 Å². The minimum atomic E-state index is -0.722. The number of carbonyl (C=O) groups excluding carboxylic acids is 1. The SMILES string of the molecule is COc1ccc(C(=O)COc2cc(F)ccc2F)cc1Br. The predicted molar refractivity (Wildman–Crippen MR) is 76.9 cm³/mol. The molecule has 0 fully saturated rings. The highest BCUT2D eigenvalue weighted by Gasteiger charge is 2.12. The molecule has 2 rings (SSSR count). The van der Waals surface area contributed by atoms with Crippen molar-refractivity contribution >= 4 is 21.7 Å². The lowest BCUT2D eigenvalue weighted by Gasteiger charge is -2.08. The van der Waals surface area contributed by atoms with E-state index < -0.39 is 11.6 Å². The highest BCUT2D eigenvalue weighted by molar-refractivity contribution is 9.10. The first kappa shape index (κ1) is 15.4. The van der Waals surface area contributed by atoms with E-state index in [2.05, 4.69) is 15.9 Å². The number of halogens is 3. The molecule has 0 heterocycles. The van der Waals surface area contributed by atoms with Crippen LogP contribution < -0.4 is 9.47 Å². The molecule has 0 unspecified atom stereocenters. The summed E-state index contributed by atoms with van der Waals surface area (Å²) < 4.78 is 37.0. The molecule has 0 bridgehead atoms. The van der Waals surface area contributed by atoms with Gasteiger partial charge in [0.1, 0.15) is 11.6 Å². The van der Waals surface area contributed by atoms with Crippen molar-refractivity contribution < 1.29 is 23.0 Å². The Morgan fingerprint density at radius 1 is 1.14 bits per heavy atom. The molecule has 0 saturated carbocycles. The molecular formula is C15H11BrF2O3. The van der Waals surface area contributed by atoms with Crippen molar-refractivity contribution in [1.82, 2.24) is 0 Å². The van der Waals surface area contributed by atoms with Crippen LogP contribution in [0.15, 0.2) is 40.9 Å². The van der Waals surface area contributed by atoms with Crippen LogP contribution in [0.5, 0.6) is 11.5 Å². The number of methoxy groups -OCH3 is 1. The van der Waals surface area contributed by atoms with Gasteiger partial charge < -0.3 is 9.47 Å². The summed E-state index contributed by atoms with van der Waals surface area (Å²) in [6.07, 6.45) is 0. The Morgan fingerprint density at radius 3 is 2.57 bits per heavy atom. The summed E-state index contributed by atoms with van der Waals surface area (Å²) >= 11 is 3.27. The first-order valence-corrected chi connectivity index (χ1v) is 6.75. The second-order valence-corrected chi connectivity index (χ2v) is 4.99. The van der Waals surface area contributed by atoms with Crippen molar-refractivity contribution in [3.8, 4) is 11.5 Å². The van der Waals surface area contributed by atoms with Crippen LogP contribution in [0.3, 0.4) is 0 Å². The quantitative estimate of drug-likeness (QED) is 0.759. The van der Waals surface area contributed by atoms with Crippen LogP contribution >= 0.6 is 15.9 Å². The van der Waals surface area contributed by atoms with E-state index in [4.69, 9.17) is 9.47 Å². The van der Waals surface area contributed by atoms with Crippen LogP contribution in [-0.4, -0.2) is 19.5 Å². The average molecular weight is 357 g/mol. The molecule has 6 heteroatoms. The van der Waals surface area contributed by atoms with Gasteiger partial charge in [-0.3, -0.25) is 4.79 Å². The van der Waals surface area contributed by atoms with Crippen molar-refractivity contribution in [2.75, 3.05) is 13.7 Å². The smallest absolute Gasteiger partial charge is 0.200 e. The molecule has 0 aromatic heterocycles. The summed E-state index contributed by atoms with van der Waals surface area (Å²) in [7, 11) is 1.51. The Labute approximate surface area is 128 Å². The van der Waals surface area contributed by atoms with Gasteiger partial charge in [0.05, 0.1) is 11.6 Å². The highest BCUT2D eigenvalue weighted by Crippen LogP contribution is 2.26. The summed E-state index contributed by atoms with van der Waals surface area (Å²) in [5, 5.41) is 0. The zero-order valence-electron chi connectivity index (χ0n) is 11.0. The molecule has 0 amide bonds. The van der Waals surface area contributed by atoms with Crippen LogP contribution in [0, 0.1) is 11.6 Å². The van der Waals surface area contributed by atoms with E-state index in [1.165, 1.54) is 7.11 Å². The second kappa shape index (κ2) is 6.67. The molecule has 0 N–H and O–H groups in total. The third-order valence-corrected chi connectivity index (χ3v) is 3.35. The van der Waals surface area contributed by atoms with E-state index in [0.29, 0.717) is 15.8 Å². The number of Topliss-reactive ketones (excluding diaryl/α,β-unsaturated/α-hetero) is 1. The lowest BCUT2D eigenvalue weighted by atomic mass is 10.1. The van der Waals surface area contributed by atoms with E-state index in [1.807, 2.05) is 0 Å². The molecule has 0 aliphatic rings. The van der Waals surface area contributed by atoms with Crippen LogP contribution in [0.25, 0.3) is 0 Å². The molecular weight excluding hydrogens is 346 g/mol. The van der Waals surface area contributed by atoms with E-state index in [-0.39, 0.29) is 18.1 Å². The van der Waals surface area contributed by atoms with Crippen molar-refractivity contribution in [2.24, 2.45) is 0 Å². The molecule has 2 aromatic carbocycles. The van der Waals surface area contributed by atoms with Gasteiger partial charge in [-0.15, -0.1) is 0 Å². The van der Waals surface area contributed by atoms with E-state index in [0.717, 1.165) is 18.2 Å². The highest BCUT2D eigenvalue weighted by atomic mass is 79.9. The van der Waals surface area contributed by atoms with Crippen LogP contribution in [-0.2, 0) is 0 Å². The predicted octanol–water partition coefficient (Wildman–Crippen LogP) is 4.00. The van der Waals surface area contributed by atoms with Gasteiger partial charge in [-0.25, -0.2) is 8.78 Å².